The molecular weight excluding hydrogens is 318 g/mol. The van der Waals surface area contributed by atoms with Crippen LogP contribution in [0.5, 0.6) is 0 Å². The summed E-state index contributed by atoms with van der Waals surface area (Å²) in [7, 11) is 0. The lowest BCUT2D eigenvalue weighted by Crippen LogP contribution is -2.34. The predicted molar refractivity (Wildman–Crippen MR) is 111 cm³/mol. The number of hydrogen-bond acceptors (Lipinski definition) is 2. The highest BCUT2D eigenvalue weighted by atomic mass is 16.3. The third-order valence-corrected chi connectivity index (χ3v) is 6.29. The van der Waals surface area contributed by atoms with Crippen molar-refractivity contribution >= 4 is 0 Å². The van der Waals surface area contributed by atoms with Crippen molar-refractivity contribution in [2.24, 2.45) is 5.18 Å². The van der Waals surface area contributed by atoms with Gasteiger partial charge in [-0.1, -0.05) is 64.1 Å². The van der Waals surface area contributed by atoms with Crippen molar-refractivity contribution in [1.82, 2.24) is 0 Å². The summed E-state index contributed by atoms with van der Waals surface area (Å²) in [4.78, 5) is 10.7. The third kappa shape index (κ3) is 3.22. The zero-order valence-corrected chi connectivity index (χ0v) is 17.1. The van der Waals surface area contributed by atoms with Crippen LogP contribution in [-0.4, -0.2) is 0 Å². The van der Waals surface area contributed by atoms with Crippen molar-refractivity contribution < 1.29 is 0 Å². The topological polar surface area (TPSA) is 29.4 Å². The van der Waals surface area contributed by atoms with Crippen LogP contribution in [0, 0.1) is 11.8 Å². The van der Waals surface area contributed by atoms with Crippen molar-refractivity contribution in [2.45, 2.75) is 78.2 Å². The highest BCUT2D eigenvalue weighted by Crippen LogP contribution is 2.47. The van der Waals surface area contributed by atoms with Gasteiger partial charge in [0.1, 0.15) is 6.54 Å². The van der Waals surface area contributed by atoms with E-state index >= 15 is 0 Å². The second-order valence-corrected chi connectivity index (χ2v) is 9.11. The van der Waals surface area contributed by atoms with Crippen LogP contribution in [-0.2, 0) is 23.8 Å². The molecule has 3 rings (SSSR count). The Hall–Kier alpha value is -1.96. The lowest BCUT2D eigenvalue weighted by molar-refractivity contribution is 0.332. The molecule has 0 radical (unpaired) electrons. The zero-order valence-electron chi connectivity index (χ0n) is 17.1. The highest BCUT2D eigenvalue weighted by molar-refractivity contribution is 5.73. The summed E-state index contributed by atoms with van der Waals surface area (Å²) < 4.78 is 0. The summed E-state index contributed by atoms with van der Waals surface area (Å²) >= 11 is 0. The largest absolute Gasteiger partial charge is 0.150 e. The molecule has 0 fully saturated rings. The maximum Gasteiger partial charge on any atom is 0.106 e. The van der Waals surface area contributed by atoms with Crippen molar-refractivity contribution in [3.63, 3.8) is 0 Å². The van der Waals surface area contributed by atoms with Crippen LogP contribution in [0.25, 0.3) is 11.1 Å². The Morgan fingerprint density at radius 2 is 1.54 bits per heavy atom. The summed E-state index contributed by atoms with van der Waals surface area (Å²) in [6, 6.07) is 11.2. The van der Waals surface area contributed by atoms with Gasteiger partial charge >= 0.3 is 0 Å². The Morgan fingerprint density at radius 1 is 0.923 bits per heavy atom. The molecule has 0 atom stereocenters. The first-order valence-corrected chi connectivity index (χ1v) is 9.76. The van der Waals surface area contributed by atoms with E-state index in [0.29, 0.717) is 0 Å². The summed E-state index contributed by atoms with van der Waals surface area (Å²) in [6.07, 6.45) is 3.42. The molecule has 0 aromatic heterocycles. The van der Waals surface area contributed by atoms with Crippen molar-refractivity contribution in [2.75, 3.05) is 0 Å². The van der Waals surface area contributed by atoms with E-state index in [2.05, 4.69) is 71.0 Å². The third-order valence-electron chi connectivity index (χ3n) is 6.29. The van der Waals surface area contributed by atoms with E-state index in [-0.39, 0.29) is 17.4 Å². The first kappa shape index (κ1) is 18.8. The first-order chi connectivity index (χ1) is 12.2. The SMILES string of the molecule is CCc1ccc(CN=O)cc1-c1cc2c(cc1C)C(C)(C)CCC2(C)C. The van der Waals surface area contributed by atoms with Crippen LogP contribution in [0.2, 0.25) is 0 Å². The number of nitrogens with zero attached hydrogens (tertiary/aromatic N) is 1. The van der Waals surface area contributed by atoms with Gasteiger partial charge in [-0.3, -0.25) is 0 Å². The quantitative estimate of drug-likeness (QED) is 0.556. The number of rotatable bonds is 4. The second-order valence-electron chi connectivity index (χ2n) is 9.11. The van der Waals surface area contributed by atoms with Crippen molar-refractivity contribution in [1.29, 1.82) is 0 Å². The van der Waals surface area contributed by atoms with E-state index in [1.54, 1.807) is 0 Å². The summed E-state index contributed by atoms with van der Waals surface area (Å²) in [5.41, 5.74) is 9.60. The zero-order chi connectivity index (χ0) is 19.1. The van der Waals surface area contributed by atoms with Gasteiger partial charge in [0.15, 0.2) is 0 Å². The van der Waals surface area contributed by atoms with Gasteiger partial charge in [0.25, 0.3) is 0 Å². The summed E-state index contributed by atoms with van der Waals surface area (Å²) in [6.45, 7) is 14.1. The molecule has 2 heteroatoms. The minimum atomic E-state index is 0.196. The molecule has 1 aliphatic rings. The number of aryl methyl sites for hydroxylation is 2. The van der Waals surface area contributed by atoms with Gasteiger partial charge in [0.2, 0.25) is 0 Å². The number of benzene rings is 2. The molecule has 1 aliphatic carbocycles. The predicted octanol–water partition coefficient (Wildman–Crippen LogP) is 6.84. The smallest absolute Gasteiger partial charge is 0.106 e. The Kier molecular flexibility index (Phi) is 4.81. The normalized spacial score (nSPS) is 17.6. The molecule has 0 amide bonds. The first-order valence-electron chi connectivity index (χ1n) is 9.76. The van der Waals surface area contributed by atoms with Crippen LogP contribution < -0.4 is 0 Å². The van der Waals surface area contributed by atoms with Crippen LogP contribution in [0.3, 0.4) is 0 Å². The molecule has 0 saturated heterocycles. The maximum atomic E-state index is 10.7. The Labute approximate surface area is 158 Å². The number of hydrogen-bond donors (Lipinski definition) is 0. The summed E-state index contributed by atoms with van der Waals surface area (Å²) in [5.74, 6) is 0. The molecule has 2 aromatic rings. The molecule has 26 heavy (non-hydrogen) atoms. The minimum absolute atomic E-state index is 0.196. The van der Waals surface area contributed by atoms with E-state index in [1.165, 1.54) is 46.2 Å². The molecule has 0 saturated carbocycles. The van der Waals surface area contributed by atoms with Crippen LogP contribution in [0.1, 0.15) is 75.3 Å². The minimum Gasteiger partial charge on any atom is -0.150 e. The molecule has 0 bridgehead atoms. The number of fused-ring (bicyclic) bond motifs is 1. The fraction of sp³-hybridized carbons (Fsp3) is 0.500. The van der Waals surface area contributed by atoms with Gasteiger partial charge in [0, 0.05) is 0 Å². The number of nitroso groups, excluding NO2 is 1. The lowest BCUT2D eigenvalue weighted by atomic mass is 9.62. The van der Waals surface area contributed by atoms with Gasteiger partial charge < -0.3 is 0 Å². The molecule has 0 aliphatic heterocycles. The van der Waals surface area contributed by atoms with Gasteiger partial charge in [0.05, 0.1) is 0 Å². The fourth-order valence-corrected chi connectivity index (χ4v) is 4.37. The monoisotopic (exact) mass is 349 g/mol. The highest BCUT2D eigenvalue weighted by Gasteiger charge is 2.37. The summed E-state index contributed by atoms with van der Waals surface area (Å²) in [5, 5.41) is 3.08. The average Bonchev–Trinajstić information content (AvgIpc) is 2.59. The standard InChI is InChI=1S/C24H31NO/c1-7-18-9-8-17(15-25-26)13-20(18)19-14-22-21(12-16(19)2)23(3,4)10-11-24(22,5)6/h8-9,12-14H,7,10-11,15H2,1-6H3. The van der Waals surface area contributed by atoms with Gasteiger partial charge in [-0.15, -0.1) is 0 Å². The Morgan fingerprint density at radius 3 is 2.12 bits per heavy atom. The Balaban J connectivity index is 2.25. The van der Waals surface area contributed by atoms with Gasteiger partial charge in [-0.05, 0) is 82.0 Å². The maximum absolute atomic E-state index is 10.7. The van der Waals surface area contributed by atoms with Crippen LogP contribution >= 0.6 is 0 Å². The van der Waals surface area contributed by atoms with Crippen molar-refractivity contribution in [3.8, 4) is 11.1 Å². The van der Waals surface area contributed by atoms with E-state index in [0.717, 1.165) is 12.0 Å². The van der Waals surface area contributed by atoms with E-state index in [1.807, 2.05) is 6.07 Å². The van der Waals surface area contributed by atoms with Crippen LogP contribution in [0.4, 0.5) is 0 Å². The Bertz CT molecular complexity index is 846. The fourth-order valence-electron chi connectivity index (χ4n) is 4.37. The lowest BCUT2D eigenvalue weighted by Gasteiger charge is -2.42. The average molecular weight is 350 g/mol. The molecule has 2 nitrogen and oxygen atoms in total. The van der Waals surface area contributed by atoms with E-state index < -0.39 is 0 Å². The molecule has 138 valence electrons. The van der Waals surface area contributed by atoms with Crippen molar-refractivity contribution in [3.05, 3.63) is 63.1 Å². The van der Waals surface area contributed by atoms with Crippen LogP contribution in [0.15, 0.2) is 35.5 Å². The van der Waals surface area contributed by atoms with E-state index in [9.17, 15) is 4.91 Å². The molecule has 0 heterocycles. The van der Waals surface area contributed by atoms with Gasteiger partial charge in [-0.2, -0.15) is 4.91 Å². The second kappa shape index (κ2) is 6.64. The molecule has 0 unspecified atom stereocenters. The van der Waals surface area contributed by atoms with E-state index in [4.69, 9.17) is 0 Å². The molecule has 0 spiro atoms. The molecule has 0 N–H and O–H groups in total. The van der Waals surface area contributed by atoms with Gasteiger partial charge in [-0.25, -0.2) is 0 Å². The molecular formula is C24H31NO. The molecule has 2 aromatic carbocycles.